The average molecular weight is 427 g/mol. The predicted octanol–water partition coefficient (Wildman–Crippen LogP) is 1.88. The summed E-state index contributed by atoms with van der Waals surface area (Å²) in [6.45, 7) is 1.84. The molecule has 1 aromatic rings. The molecule has 18 heavy (non-hydrogen) atoms. The summed E-state index contributed by atoms with van der Waals surface area (Å²) >= 11 is 5.42. The van der Waals surface area contributed by atoms with E-state index < -0.39 is 17.9 Å². The van der Waals surface area contributed by atoms with Crippen LogP contribution in [0.25, 0.3) is 0 Å². The van der Waals surface area contributed by atoms with Gasteiger partial charge in [0.2, 0.25) is 0 Å². The fourth-order valence-electron chi connectivity index (χ4n) is 1.14. The largest absolute Gasteiger partial charge is 0.464 e. The lowest BCUT2D eigenvalue weighted by Gasteiger charge is -2.12. The molecular formula is C11H12BrIN2O3. The van der Waals surface area contributed by atoms with Crippen LogP contribution in [0.4, 0.5) is 5.69 Å². The monoisotopic (exact) mass is 426 g/mol. The van der Waals surface area contributed by atoms with Gasteiger partial charge in [-0.25, -0.2) is 4.79 Å². The summed E-state index contributed by atoms with van der Waals surface area (Å²) in [6.07, 6.45) is 0. The van der Waals surface area contributed by atoms with Crippen molar-refractivity contribution in [3.8, 4) is 0 Å². The lowest BCUT2D eigenvalue weighted by molar-refractivity contribution is -0.146. The molecule has 5 nitrogen and oxygen atoms in total. The Morgan fingerprint density at radius 3 is 2.83 bits per heavy atom. The van der Waals surface area contributed by atoms with Crippen LogP contribution in [-0.4, -0.2) is 24.5 Å². The molecule has 1 aromatic carbocycles. The third-order valence-electron chi connectivity index (χ3n) is 2.01. The molecule has 1 unspecified atom stereocenters. The number of carbonyl (C=O) groups is 2. The molecule has 3 N–H and O–H groups in total. The van der Waals surface area contributed by atoms with E-state index in [1.54, 1.807) is 19.1 Å². The number of carbonyl (C=O) groups excluding carboxylic acids is 2. The first-order valence-corrected chi connectivity index (χ1v) is 7.01. The van der Waals surface area contributed by atoms with Crippen molar-refractivity contribution in [2.75, 3.05) is 11.9 Å². The highest BCUT2D eigenvalue weighted by Crippen LogP contribution is 2.24. The Hall–Kier alpha value is -0.670. The molecule has 0 saturated carbocycles. The van der Waals surface area contributed by atoms with Gasteiger partial charge in [-0.2, -0.15) is 0 Å². The number of nitrogens with two attached hydrogens (primary N) is 1. The maximum absolute atomic E-state index is 11.7. The summed E-state index contributed by atoms with van der Waals surface area (Å²) in [5.74, 6) is -1.34. The van der Waals surface area contributed by atoms with Gasteiger partial charge in [0, 0.05) is 8.04 Å². The van der Waals surface area contributed by atoms with Crippen LogP contribution in [0.15, 0.2) is 22.7 Å². The summed E-state index contributed by atoms with van der Waals surface area (Å²) in [5.41, 5.74) is 6.04. The minimum Gasteiger partial charge on any atom is -0.464 e. The van der Waals surface area contributed by atoms with Crippen molar-refractivity contribution in [1.82, 2.24) is 0 Å². The van der Waals surface area contributed by atoms with Crippen molar-refractivity contribution in [2.24, 2.45) is 5.73 Å². The normalized spacial score (nSPS) is 11.8. The van der Waals surface area contributed by atoms with E-state index in [1.807, 2.05) is 6.07 Å². The van der Waals surface area contributed by atoms with Crippen molar-refractivity contribution >= 4 is 56.1 Å². The summed E-state index contributed by atoms with van der Waals surface area (Å²) in [5, 5.41) is 2.57. The maximum Gasteiger partial charge on any atom is 0.332 e. The molecule has 1 rings (SSSR count). The van der Waals surface area contributed by atoms with E-state index in [9.17, 15) is 9.59 Å². The highest BCUT2D eigenvalue weighted by Gasteiger charge is 2.23. The zero-order valence-electron chi connectivity index (χ0n) is 9.57. The summed E-state index contributed by atoms with van der Waals surface area (Å²) < 4.78 is 6.35. The van der Waals surface area contributed by atoms with Gasteiger partial charge < -0.3 is 15.8 Å². The van der Waals surface area contributed by atoms with Gasteiger partial charge in [0.1, 0.15) is 0 Å². The third kappa shape index (κ3) is 4.21. The summed E-state index contributed by atoms with van der Waals surface area (Å²) in [4.78, 5) is 23.0. The minimum atomic E-state index is -1.32. The average Bonchev–Trinajstić information content (AvgIpc) is 2.33. The third-order valence-corrected chi connectivity index (χ3v) is 3.37. The second kappa shape index (κ2) is 7.05. The topological polar surface area (TPSA) is 81.4 Å². The molecule has 0 bridgehead atoms. The van der Waals surface area contributed by atoms with Crippen LogP contribution < -0.4 is 11.1 Å². The van der Waals surface area contributed by atoms with Gasteiger partial charge in [-0.05, 0) is 63.6 Å². The van der Waals surface area contributed by atoms with Gasteiger partial charge in [-0.15, -0.1) is 0 Å². The van der Waals surface area contributed by atoms with E-state index in [2.05, 4.69) is 48.6 Å². The van der Waals surface area contributed by atoms with Gasteiger partial charge in [-0.3, -0.25) is 4.79 Å². The number of amides is 1. The molecule has 0 aliphatic rings. The number of esters is 1. The van der Waals surface area contributed by atoms with Crippen LogP contribution in [0.2, 0.25) is 0 Å². The number of anilines is 1. The number of halogens is 2. The predicted molar refractivity (Wildman–Crippen MR) is 80.1 cm³/mol. The maximum atomic E-state index is 11.7. The SMILES string of the molecule is CCOC(=O)C(N)C(=O)Nc1cc(I)ccc1Br. The lowest BCUT2D eigenvalue weighted by Crippen LogP contribution is -2.43. The van der Waals surface area contributed by atoms with Gasteiger partial charge >= 0.3 is 5.97 Å². The second-order valence-electron chi connectivity index (χ2n) is 3.34. The molecule has 0 heterocycles. The first kappa shape index (κ1) is 15.4. The Kier molecular flexibility index (Phi) is 6.03. The van der Waals surface area contributed by atoms with Gasteiger partial charge in [0.05, 0.1) is 12.3 Å². The molecule has 1 atom stereocenters. The van der Waals surface area contributed by atoms with Crippen LogP contribution in [0.3, 0.4) is 0 Å². The van der Waals surface area contributed by atoms with Crippen LogP contribution in [-0.2, 0) is 14.3 Å². The Labute approximate surface area is 127 Å². The molecule has 0 spiro atoms. The molecule has 1 amide bonds. The lowest BCUT2D eigenvalue weighted by atomic mass is 10.2. The highest BCUT2D eigenvalue weighted by atomic mass is 127. The highest BCUT2D eigenvalue weighted by molar-refractivity contribution is 14.1. The molecule has 0 fully saturated rings. The van der Waals surface area contributed by atoms with Crippen LogP contribution in [0.5, 0.6) is 0 Å². The molecule has 7 heteroatoms. The Morgan fingerprint density at radius 2 is 2.22 bits per heavy atom. The first-order chi connectivity index (χ1) is 8.45. The van der Waals surface area contributed by atoms with Crippen LogP contribution in [0, 0.1) is 3.57 Å². The Balaban J connectivity index is 2.75. The van der Waals surface area contributed by atoms with Gasteiger partial charge in [0.15, 0.2) is 6.04 Å². The van der Waals surface area contributed by atoms with E-state index in [0.29, 0.717) is 10.2 Å². The minimum absolute atomic E-state index is 0.187. The quantitative estimate of drug-likeness (QED) is 0.437. The zero-order chi connectivity index (χ0) is 13.7. The molecule has 0 aliphatic heterocycles. The number of benzene rings is 1. The van der Waals surface area contributed by atoms with Crippen LogP contribution >= 0.6 is 38.5 Å². The summed E-state index contributed by atoms with van der Waals surface area (Å²) in [6, 6.07) is 4.12. The van der Waals surface area contributed by atoms with E-state index >= 15 is 0 Å². The number of hydrogen-bond acceptors (Lipinski definition) is 4. The Morgan fingerprint density at radius 1 is 1.56 bits per heavy atom. The van der Waals surface area contributed by atoms with E-state index in [4.69, 9.17) is 5.73 Å². The standard InChI is InChI=1S/C11H12BrIN2O3/c1-2-18-11(17)9(14)10(16)15-8-5-6(13)3-4-7(8)12/h3-5,9H,2,14H2,1H3,(H,15,16). The van der Waals surface area contributed by atoms with Crippen molar-refractivity contribution in [1.29, 1.82) is 0 Å². The van der Waals surface area contributed by atoms with E-state index in [1.165, 1.54) is 0 Å². The first-order valence-electron chi connectivity index (χ1n) is 5.13. The summed E-state index contributed by atoms with van der Waals surface area (Å²) in [7, 11) is 0. The number of ether oxygens (including phenoxy) is 1. The molecule has 0 saturated heterocycles. The fraction of sp³-hybridized carbons (Fsp3) is 0.273. The molecule has 0 aliphatic carbocycles. The number of nitrogens with one attached hydrogen (secondary N) is 1. The molecule has 0 radical (unpaired) electrons. The van der Waals surface area contributed by atoms with Gasteiger partial charge in [-0.1, -0.05) is 0 Å². The van der Waals surface area contributed by atoms with Crippen molar-refractivity contribution in [2.45, 2.75) is 13.0 Å². The van der Waals surface area contributed by atoms with E-state index in [-0.39, 0.29) is 6.61 Å². The Bertz CT molecular complexity index is 468. The van der Waals surface area contributed by atoms with Crippen LogP contribution in [0.1, 0.15) is 6.92 Å². The second-order valence-corrected chi connectivity index (χ2v) is 5.44. The fourth-order valence-corrected chi connectivity index (χ4v) is 1.98. The zero-order valence-corrected chi connectivity index (χ0v) is 13.3. The van der Waals surface area contributed by atoms with Crippen molar-refractivity contribution in [3.63, 3.8) is 0 Å². The van der Waals surface area contributed by atoms with Crippen molar-refractivity contribution in [3.05, 3.63) is 26.2 Å². The molecule has 98 valence electrons. The van der Waals surface area contributed by atoms with E-state index in [0.717, 1.165) is 3.57 Å². The molecule has 0 aromatic heterocycles. The number of hydrogen-bond donors (Lipinski definition) is 2. The van der Waals surface area contributed by atoms with Crippen molar-refractivity contribution < 1.29 is 14.3 Å². The smallest absolute Gasteiger partial charge is 0.332 e. The molecular weight excluding hydrogens is 415 g/mol. The number of rotatable bonds is 4. The van der Waals surface area contributed by atoms with Gasteiger partial charge in [0.25, 0.3) is 5.91 Å².